The quantitative estimate of drug-likeness (QED) is 0.924. The maximum absolute atomic E-state index is 12.5. The normalized spacial score (nSPS) is 18.3. The maximum atomic E-state index is 12.5. The second kappa shape index (κ2) is 6.59. The minimum absolute atomic E-state index is 0.0499. The van der Waals surface area contributed by atoms with Crippen molar-refractivity contribution in [1.82, 2.24) is 4.90 Å². The molecule has 1 aliphatic heterocycles. The molecule has 2 N–H and O–H groups in total. The number of hydrogen-bond acceptors (Lipinski definition) is 2. The summed E-state index contributed by atoms with van der Waals surface area (Å²) >= 11 is 6.17. The fourth-order valence-corrected chi connectivity index (χ4v) is 3.58. The minimum Gasteiger partial charge on any atom is -0.342 e. The van der Waals surface area contributed by atoms with Crippen LogP contribution in [0.4, 0.5) is 0 Å². The molecule has 1 aromatic carbocycles. The molecule has 0 atom stereocenters. The van der Waals surface area contributed by atoms with Gasteiger partial charge in [-0.3, -0.25) is 4.79 Å². The Hall–Kier alpha value is -1.06. The van der Waals surface area contributed by atoms with E-state index < -0.39 is 0 Å². The van der Waals surface area contributed by atoms with Crippen LogP contribution < -0.4 is 5.73 Å². The van der Waals surface area contributed by atoms with Gasteiger partial charge in [-0.05, 0) is 48.9 Å². The molecule has 1 aliphatic rings. The molecule has 1 aromatic rings. The standard InChI is InChI=1S/C18H27ClN2O/c1-17(2,3)16(22)21-11-8-18(7-10-20,9-12-21)14-5-4-6-15(19)13-14/h4-6,13H,7-12,20H2,1-3H3. The highest BCUT2D eigenvalue weighted by Crippen LogP contribution is 2.39. The fourth-order valence-electron chi connectivity index (χ4n) is 3.39. The summed E-state index contributed by atoms with van der Waals surface area (Å²) in [6, 6.07) is 8.10. The molecule has 0 aliphatic carbocycles. The third-order valence-electron chi connectivity index (χ3n) is 4.71. The number of piperidine rings is 1. The van der Waals surface area contributed by atoms with Crippen LogP contribution in [0.2, 0.25) is 5.02 Å². The molecule has 0 radical (unpaired) electrons. The van der Waals surface area contributed by atoms with Crippen LogP contribution >= 0.6 is 11.6 Å². The average molecular weight is 323 g/mol. The van der Waals surface area contributed by atoms with Gasteiger partial charge in [0.15, 0.2) is 0 Å². The van der Waals surface area contributed by atoms with Crippen LogP contribution in [0.1, 0.15) is 45.6 Å². The van der Waals surface area contributed by atoms with Crippen LogP contribution in [-0.4, -0.2) is 30.4 Å². The Balaban J connectivity index is 2.18. The number of benzene rings is 1. The first-order valence-electron chi connectivity index (χ1n) is 8.04. The average Bonchev–Trinajstić information content (AvgIpc) is 2.46. The van der Waals surface area contributed by atoms with Crippen molar-refractivity contribution in [2.24, 2.45) is 11.1 Å². The topological polar surface area (TPSA) is 46.3 Å². The Morgan fingerprint density at radius 1 is 1.32 bits per heavy atom. The van der Waals surface area contributed by atoms with E-state index >= 15 is 0 Å². The highest BCUT2D eigenvalue weighted by atomic mass is 35.5. The van der Waals surface area contributed by atoms with Crippen molar-refractivity contribution in [2.75, 3.05) is 19.6 Å². The summed E-state index contributed by atoms with van der Waals surface area (Å²) in [6.07, 6.45) is 2.84. The smallest absolute Gasteiger partial charge is 0.227 e. The van der Waals surface area contributed by atoms with Gasteiger partial charge in [-0.15, -0.1) is 0 Å². The van der Waals surface area contributed by atoms with E-state index in [0.717, 1.165) is 37.4 Å². The summed E-state index contributed by atoms with van der Waals surface area (Å²) in [5.74, 6) is 0.236. The molecule has 0 aromatic heterocycles. The largest absolute Gasteiger partial charge is 0.342 e. The summed E-state index contributed by atoms with van der Waals surface area (Å²) < 4.78 is 0. The summed E-state index contributed by atoms with van der Waals surface area (Å²) in [5, 5.41) is 0.766. The zero-order chi connectivity index (χ0) is 16.4. The molecule has 0 saturated carbocycles. The lowest BCUT2D eigenvalue weighted by atomic mass is 9.70. The number of carbonyl (C=O) groups excluding carboxylic acids is 1. The second-order valence-electron chi connectivity index (χ2n) is 7.37. The van der Waals surface area contributed by atoms with E-state index in [1.54, 1.807) is 0 Å². The van der Waals surface area contributed by atoms with Crippen molar-refractivity contribution in [3.05, 3.63) is 34.9 Å². The van der Waals surface area contributed by atoms with Gasteiger partial charge in [0.1, 0.15) is 0 Å². The van der Waals surface area contributed by atoms with Gasteiger partial charge in [0.2, 0.25) is 5.91 Å². The van der Waals surface area contributed by atoms with Crippen LogP contribution in [0.15, 0.2) is 24.3 Å². The summed E-state index contributed by atoms with van der Waals surface area (Å²) in [7, 11) is 0. The van der Waals surface area contributed by atoms with Crippen LogP contribution in [0.5, 0.6) is 0 Å². The molecule has 122 valence electrons. The van der Waals surface area contributed by atoms with Crippen LogP contribution in [-0.2, 0) is 10.2 Å². The first-order valence-corrected chi connectivity index (χ1v) is 8.42. The first-order chi connectivity index (χ1) is 10.3. The molecule has 22 heavy (non-hydrogen) atoms. The van der Waals surface area contributed by atoms with Gasteiger partial charge in [-0.1, -0.05) is 44.5 Å². The Morgan fingerprint density at radius 3 is 2.45 bits per heavy atom. The highest BCUT2D eigenvalue weighted by molar-refractivity contribution is 6.30. The number of nitrogens with two attached hydrogens (primary N) is 1. The monoisotopic (exact) mass is 322 g/mol. The van der Waals surface area contributed by atoms with Crippen molar-refractivity contribution < 1.29 is 4.79 Å². The Bertz CT molecular complexity index is 528. The molecule has 0 unspecified atom stereocenters. The second-order valence-corrected chi connectivity index (χ2v) is 7.81. The van der Waals surface area contributed by atoms with Crippen LogP contribution in [0.3, 0.4) is 0 Å². The summed E-state index contributed by atoms with van der Waals surface area (Å²) in [5.41, 5.74) is 6.86. The summed E-state index contributed by atoms with van der Waals surface area (Å²) in [6.45, 7) is 8.18. The minimum atomic E-state index is -0.316. The SMILES string of the molecule is CC(C)(C)C(=O)N1CCC(CCN)(c2cccc(Cl)c2)CC1. The predicted molar refractivity (Wildman–Crippen MR) is 92.1 cm³/mol. The number of rotatable bonds is 3. The van der Waals surface area contributed by atoms with Crippen molar-refractivity contribution >= 4 is 17.5 Å². The highest BCUT2D eigenvalue weighted by Gasteiger charge is 2.38. The van der Waals surface area contributed by atoms with E-state index in [0.29, 0.717) is 6.54 Å². The maximum Gasteiger partial charge on any atom is 0.227 e. The van der Waals surface area contributed by atoms with E-state index in [9.17, 15) is 4.79 Å². The fraction of sp³-hybridized carbons (Fsp3) is 0.611. The third-order valence-corrected chi connectivity index (χ3v) is 4.94. The van der Waals surface area contributed by atoms with E-state index in [2.05, 4.69) is 12.1 Å². The third kappa shape index (κ3) is 3.64. The molecule has 4 heteroatoms. The van der Waals surface area contributed by atoms with Gasteiger partial charge in [-0.25, -0.2) is 0 Å². The first kappa shape index (κ1) is 17.3. The number of halogens is 1. The van der Waals surface area contributed by atoms with Crippen molar-refractivity contribution in [1.29, 1.82) is 0 Å². The van der Waals surface area contributed by atoms with Crippen LogP contribution in [0.25, 0.3) is 0 Å². The predicted octanol–water partition coefficient (Wildman–Crippen LogP) is 3.60. The van der Waals surface area contributed by atoms with Crippen molar-refractivity contribution in [3.63, 3.8) is 0 Å². The van der Waals surface area contributed by atoms with Gasteiger partial charge < -0.3 is 10.6 Å². The molecule has 0 bridgehead atoms. The summed E-state index contributed by atoms with van der Waals surface area (Å²) in [4.78, 5) is 14.5. The number of amides is 1. The number of likely N-dealkylation sites (tertiary alicyclic amines) is 1. The van der Waals surface area contributed by atoms with Gasteiger partial charge in [0.05, 0.1) is 0 Å². The molecule has 3 nitrogen and oxygen atoms in total. The Morgan fingerprint density at radius 2 is 1.95 bits per heavy atom. The molecule has 2 rings (SSSR count). The van der Waals surface area contributed by atoms with E-state index in [-0.39, 0.29) is 16.7 Å². The lowest BCUT2D eigenvalue weighted by Crippen LogP contribution is -2.49. The van der Waals surface area contributed by atoms with Gasteiger partial charge in [0, 0.05) is 23.5 Å². The van der Waals surface area contributed by atoms with Crippen LogP contribution in [0, 0.1) is 5.41 Å². The number of nitrogens with zero attached hydrogens (tertiary/aromatic N) is 1. The molecular weight excluding hydrogens is 296 g/mol. The van der Waals surface area contributed by atoms with Gasteiger partial charge in [0.25, 0.3) is 0 Å². The number of hydrogen-bond donors (Lipinski definition) is 1. The van der Waals surface area contributed by atoms with E-state index in [1.165, 1.54) is 5.56 Å². The van der Waals surface area contributed by atoms with Crippen molar-refractivity contribution in [2.45, 2.75) is 45.4 Å². The molecule has 1 fully saturated rings. The molecule has 1 amide bonds. The Labute approximate surface area is 138 Å². The van der Waals surface area contributed by atoms with E-state index in [4.69, 9.17) is 17.3 Å². The van der Waals surface area contributed by atoms with Crippen molar-refractivity contribution in [3.8, 4) is 0 Å². The Kier molecular flexibility index (Phi) is 5.18. The molecule has 0 spiro atoms. The lowest BCUT2D eigenvalue weighted by molar-refractivity contribution is -0.141. The molecular formula is C18H27ClN2O. The zero-order valence-corrected chi connectivity index (χ0v) is 14.6. The van der Waals surface area contributed by atoms with Gasteiger partial charge in [-0.2, -0.15) is 0 Å². The van der Waals surface area contributed by atoms with E-state index in [1.807, 2.05) is 37.8 Å². The molecule has 1 heterocycles. The zero-order valence-electron chi connectivity index (χ0n) is 13.9. The number of carbonyl (C=O) groups is 1. The van der Waals surface area contributed by atoms with Gasteiger partial charge >= 0.3 is 0 Å². The lowest BCUT2D eigenvalue weighted by Gasteiger charge is -2.44. The molecule has 1 saturated heterocycles.